The maximum atomic E-state index is 12.8. The summed E-state index contributed by atoms with van der Waals surface area (Å²) < 4.78 is 55.9. The summed E-state index contributed by atoms with van der Waals surface area (Å²) in [5.41, 5.74) is 0.922. The molecule has 2 saturated heterocycles. The highest BCUT2D eigenvalue weighted by molar-refractivity contribution is 5.76. The minimum Gasteiger partial charge on any atom is -0.457 e. The molecule has 0 aromatic heterocycles. The van der Waals surface area contributed by atoms with E-state index in [1.807, 2.05) is 54.6 Å². The van der Waals surface area contributed by atoms with Crippen LogP contribution in [0.15, 0.2) is 54.6 Å². The van der Waals surface area contributed by atoms with Crippen molar-refractivity contribution >= 4 is 5.91 Å². The van der Waals surface area contributed by atoms with Crippen LogP contribution in [0.4, 0.5) is 13.2 Å². The van der Waals surface area contributed by atoms with Gasteiger partial charge in [-0.05, 0) is 42.7 Å². The SMILES string of the molecule is O=C(C[C@H]1CC[C@@H]2[C@H](COC[C@H](O)CN2CCC(F)(F)F)O1)NCc1ccc(Oc2ccccc2)cc1. The summed E-state index contributed by atoms with van der Waals surface area (Å²) in [5, 5.41) is 13.0. The second kappa shape index (κ2) is 12.7. The molecule has 202 valence electrons. The molecule has 2 aromatic carbocycles. The van der Waals surface area contributed by atoms with Gasteiger partial charge in [0, 0.05) is 25.7 Å². The first kappa shape index (κ1) is 27.4. The van der Waals surface area contributed by atoms with Crippen LogP contribution in [0.3, 0.4) is 0 Å². The zero-order valence-corrected chi connectivity index (χ0v) is 20.5. The van der Waals surface area contributed by atoms with Gasteiger partial charge >= 0.3 is 6.18 Å². The molecule has 0 saturated carbocycles. The van der Waals surface area contributed by atoms with Gasteiger partial charge in [-0.25, -0.2) is 0 Å². The van der Waals surface area contributed by atoms with Crippen molar-refractivity contribution in [2.45, 2.75) is 62.8 Å². The first-order valence-corrected chi connectivity index (χ1v) is 12.6. The summed E-state index contributed by atoms with van der Waals surface area (Å²) in [4.78, 5) is 14.2. The molecule has 7 nitrogen and oxygen atoms in total. The number of β-amino-alcohol motifs (C(OH)–C–C–N with tert-alkyl or cyclic N) is 1. The summed E-state index contributed by atoms with van der Waals surface area (Å²) in [6, 6.07) is 16.6. The van der Waals surface area contributed by atoms with Crippen molar-refractivity contribution in [2.75, 3.05) is 26.3 Å². The van der Waals surface area contributed by atoms with Crippen LogP contribution in [0.25, 0.3) is 0 Å². The number of halogens is 3. The van der Waals surface area contributed by atoms with Gasteiger partial charge in [0.05, 0.1) is 44.4 Å². The molecule has 37 heavy (non-hydrogen) atoms. The van der Waals surface area contributed by atoms with Crippen LogP contribution >= 0.6 is 0 Å². The molecule has 2 aromatic rings. The number of amides is 1. The molecule has 2 aliphatic heterocycles. The number of benzene rings is 2. The molecule has 2 N–H and O–H groups in total. The van der Waals surface area contributed by atoms with E-state index < -0.39 is 24.8 Å². The fourth-order valence-corrected chi connectivity index (χ4v) is 4.75. The number of carbonyl (C=O) groups excluding carboxylic acids is 1. The van der Waals surface area contributed by atoms with E-state index in [1.165, 1.54) is 0 Å². The van der Waals surface area contributed by atoms with Crippen LogP contribution in [0, 0.1) is 0 Å². The number of aliphatic hydroxyl groups excluding tert-OH is 1. The minimum atomic E-state index is -4.27. The van der Waals surface area contributed by atoms with Gasteiger partial charge < -0.3 is 24.6 Å². The van der Waals surface area contributed by atoms with Crippen LogP contribution < -0.4 is 10.1 Å². The maximum absolute atomic E-state index is 12.8. The lowest BCUT2D eigenvalue weighted by Crippen LogP contribution is -2.56. The van der Waals surface area contributed by atoms with Gasteiger partial charge in [0.1, 0.15) is 11.5 Å². The molecule has 0 aliphatic carbocycles. The van der Waals surface area contributed by atoms with Crippen LogP contribution in [0.2, 0.25) is 0 Å². The molecular formula is C27H33F3N2O5. The van der Waals surface area contributed by atoms with Crippen molar-refractivity contribution in [3.05, 3.63) is 60.2 Å². The van der Waals surface area contributed by atoms with Gasteiger partial charge in [-0.3, -0.25) is 9.69 Å². The van der Waals surface area contributed by atoms with E-state index in [2.05, 4.69) is 5.32 Å². The third kappa shape index (κ3) is 8.70. The van der Waals surface area contributed by atoms with E-state index in [0.717, 1.165) is 11.3 Å². The number of nitrogens with zero attached hydrogens (tertiary/aromatic N) is 1. The molecule has 2 heterocycles. The standard InChI is InChI=1S/C27H33F3N2O5/c28-27(29,30)12-13-32-16-20(33)17-35-18-25-24(32)11-10-23(37-25)14-26(34)31-15-19-6-8-22(9-7-19)36-21-4-2-1-3-5-21/h1-9,20,23-25,33H,10-18H2,(H,31,34)/t20-,23-,24-,25+/m1/s1. The van der Waals surface area contributed by atoms with Crippen LogP contribution in [0.1, 0.15) is 31.2 Å². The lowest BCUT2D eigenvalue weighted by molar-refractivity contribution is -0.169. The largest absolute Gasteiger partial charge is 0.457 e. The second-order valence-electron chi connectivity index (χ2n) is 9.53. The molecule has 0 spiro atoms. The number of fused-ring (bicyclic) bond motifs is 1. The number of aliphatic hydroxyl groups is 1. The Hall–Kier alpha value is -2.66. The van der Waals surface area contributed by atoms with Crippen molar-refractivity contribution in [3.63, 3.8) is 0 Å². The fourth-order valence-electron chi connectivity index (χ4n) is 4.75. The van der Waals surface area contributed by atoms with Gasteiger partial charge in [-0.1, -0.05) is 30.3 Å². The lowest BCUT2D eigenvalue weighted by Gasteiger charge is -2.44. The van der Waals surface area contributed by atoms with E-state index in [0.29, 0.717) is 25.1 Å². The molecule has 1 amide bonds. The Morgan fingerprint density at radius 3 is 2.51 bits per heavy atom. The fraction of sp³-hybridized carbons (Fsp3) is 0.519. The van der Waals surface area contributed by atoms with Crippen molar-refractivity contribution in [1.82, 2.24) is 10.2 Å². The Bertz CT molecular complexity index is 990. The summed E-state index contributed by atoms with van der Waals surface area (Å²) in [6.07, 6.45) is -5.61. The highest BCUT2D eigenvalue weighted by Crippen LogP contribution is 2.29. The maximum Gasteiger partial charge on any atom is 0.390 e. The Labute approximate surface area is 214 Å². The summed E-state index contributed by atoms with van der Waals surface area (Å²) >= 11 is 0. The second-order valence-corrected chi connectivity index (χ2v) is 9.53. The molecule has 10 heteroatoms. The number of nitrogens with one attached hydrogen (secondary N) is 1. The molecule has 0 unspecified atom stereocenters. The van der Waals surface area contributed by atoms with Crippen LogP contribution in [-0.2, 0) is 20.8 Å². The number of rotatable bonds is 8. The summed E-state index contributed by atoms with van der Waals surface area (Å²) in [5.74, 6) is 1.28. The number of hydrogen-bond acceptors (Lipinski definition) is 6. The lowest BCUT2D eigenvalue weighted by atomic mass is 9.94. The minimum absolute atomic E-state index is 0.0371. The van der Waals surface area contributed by atoms with Gasteiger partial charge in [-0.2, -0.15) is 13.2 Å². The predicted octanol–water partition coefficient (Wildman–Crippen LogP) is 4.05. The third-order valence-electron chi connectivity index (χ3n) is 6.57. The first-order valence-electron chi connectivity index (χ1n) is 12.6. The summed E-state index contributed by atoms with van der Waals surface area (Å²) in [6.45, 7) is 0.455. The zero-order chi connectivity index (χ0) is 26.3. The van der Waals surface area contributed by atoms with Gasteiger partial charge in [0.2, 0.25) is 5.91 Å². The first-order chi connectivity index (χ1) is 17.7. The molecule has 0 radical (unpaired) electrons. The monoisotopic (exact) mass is 522 g/mol. The zero-order valence-electron chi connectivity index (χ0n) is 20.5. The van der Waals surface area contributed by atoms with Crippen molar-refractivity contribution in [2.24, 2.45) is 0 Å². The molecule has 4 atom stereocenters. The average Bonchev–Trinajstić information content (AvgIpc) is 2.85. The van der Waals surface area contributed by atoms with Gasteiger partial charge in [-0.15, -0.1) is 0 Å². The van der Waals surface area contributed by atoms with Crippen LogP contribution in [0.5, 0.6) is 11.5 Å². The van der Waals surface area contributed by atoms with E-state index in [1.54, 1.807) is 4.90 Å². The molecular weight excluding hydrogens is 489 g/mol. The number of hydrogen-bond donors (Lipinski definition) is 2. The molecule has 2 aliphatic rings. The number of carbonyl (C=O) groups is 1. The van der Waals surface area contributed by atoms with E-state index >= 15 is 0 Å². The van der Waals surface area contributed by atoms with Gasteiger partial charge in [0.25, 0.3) is 0 Å². The molecule has 4 rings (SSSR count). The quantitative estimate of drug-likeness (QED) is 0.545. The number of ether oxygens (including phenoxy) is 3. The molecule has 2 fully saturated rings. The topological polar surface area (TPSA) is 80.3 Å². The van der Waals surface area contributed by atoms with Crippen molar-refractivity contribution in [1.29, 1.82) is 0 Å². The normalized spacial score (nSPS) is 25.0. The van der Waals surface area contributed by atoms with Crippen molar-refractivity contribution < 1.29 is 37.3 Å². The summed E-state index contributed by atoms with van der Waals surface area (Å²) in [7, 11) is 0. The van der Waals surface area contributed by atoms with Gasteiger partial charge in [0.15, 0.2) is 0 Å². The number of para-hydroxylation sites is 1. The predicted molar refractivity (Wildman–Crippen MR) is 130 cm³/mol. The van der Waals surface area contributed by atoms with E-state index in [4.69, 9.17) is 14.2 Å². The Morgan fingerprint density at radius 2 is 1.78 bits per heavy atom. The van der Waals surface area contributed by atoms with Crippen molar-refractivity contribution in [3.8, 4) is 11.5 Å². The number of alkyl halides is 3. The Kier molecular flexibility index (Phi) is 9.42. The molecule has 0 bridgehead atoms. The third-order valence-corrected chi connectivity index (χ3v) is 6.57. The Morgan fingerprint density at radius 1 is 1.05 bits per heavy atom. The van der Waals surface area contributed by atoms with E-state index in [-0.39, 0.29) is 50.8 Å². The van der Waals surface area contributed by atoms with Crippen LogP contribution in [-0.4, -0.2) is 72.7 Å². The smallest absolute Gasteiger partial charge is 0.390 e. The highest BCUT2D eigenvalue weighted by atomic mass is 19.4. The highest BCUT2D eigenvalue weighted by Gasteiger charge is 2.39. The average molecular weight is 523 g/mol. The Balaban J connectivity index is 1.25. The van der Waals surface area contributed by atoms with E-state index in [9.17, 15) is 23.1 Å².